The van der Waals surface area contributed by atoms with Crippen molar-refractivity contribution in [1.82, 2.24) is 9.88 Å². The van der Waals surface area contributed by atoms with Crippen molar-refractivity contribution < 1.29 is 4.79 Å². The third-order valence-corrected chi connectivity index (χ3v) is 5.58. The van der Waals surface area contributed by atoms with Gasteiger partial charge in [0.1, 0.15) is 5.69 Å². The van der Waals surface area contributed by atoms with Gasteiger partial charge in [-0.25, -0.2) is 4.98 Å². The maximum absolute atomic E-state index is 12.2. The molecule has 1 saturated heterocycles. The molecule has 112 valence electrons. The Hall–Kier alpha value is -0.450. The van der Waals surface area contributed by atoms with E-state index in [-0.39, 0.29) is 29.1 Å². The van der Waals surface area contributed by atoms with Crippen LogP contribution in [0, 0.1) is 5.41 Å². The number of nitrogens with zero attached hydrogens (tertiary/aromatic N) is 2. The Morgan fingerprint density at radius 2 is 1.90 bits per heavy atom. The molecule has 1 aliphatic carbocycles. The minimum absolute atomic E-state index is 0. The second-order valence-electron chi connectivity index (χ2n) is 7.06. The smallest absolute Gasteiger partial charge is 0.182 e. The molecule has 2 aliphatic rings. The summed E-state index contributed by atoms with van der Waals surface area (Å²) in [5.41, 5.74) is 3.05. The van der Waals surface area contributed by atoms with Gasteiger partial charge in [0.2, 0.25) is 0 Å². The number of fused-ring (bicyclic) bond motifs is 1. The van der Waals surface area contributed by atoms with Crippen LogP contribution in [0.4, 0.5) is 0 Å². The van der Waals surface area contributed by atoms with Crippen molar-refractivity contribution in [2.24, 2.45) is 5.41 Å². The topological polar surface area (TPSA) is 33.2 Å². The standard InChI is InChI=1S/C15H22N2OS.ClH/c1-14(2,3)17-6-4-15(5-7-17)8-11(18)13-12(9-15)19-10-16-13;/h10H,4-9H2,1-3H3;1H. The van der Waals surface area contributed by atoms with Crippen LogP contribution in [0.25, 0.3) is 0 Å². The van der Waals surface area contributed by atoms with Gasteiger partial charge in [0, 0.05) is 16.8 Å². The molecule has 1 aromatic heterocycles. The largest absolute Gasteiger partial charge is 0.298 e. The quantitative estimate of drug-likeness (QED) is 0.734. The summed E-state index contributed by atoms with van der Waals surface area (Å²) in [6.07, 6.45) is 4.07. The van der Waals surface area contributed by atoms with E-state index in [1.807, 2.05) is 5.51 Å². The zero-order chi connectivity index (χ0) is 13.7. The highest BCUT2D eigenvalue weighted by Crippen LogP contribution is 2.45. The van der Waals surface area contributed by atoms with E-state index in [0.29, 0.717) is 6.42 Å². The summed E-state index contributed by atoms with van der Waals surface area (Å²) in [7, 11) is 0. The lowest BCUT2D eigenvalue weighted by atomic mass is 9.68. The van der Waals surface area contributed by atoms with E-state index in [1.165, 1.54) is 4.88 Å². The van der Waals surface area contributed by atoms with E-state index in [9.17, 15) is 4.79 Å². The molecule has 1 aromatic rings. The Kier molecular flexibility index (Phi) is 4.30. The van der Waals surface area contributed by atoms with E-state index in [2.05, 4.69) is 30.7 Å². The molecule has 2 heterocycles. The number of Topliss-reactive ketones (excluding diaryl/α,β-unsaturated/α-hetero) is 1. The molecule has 0 radical (unpaired) electrons. The highest BCUT2D eigenvalue weighted by Gasteiger charge is 2.43. The first-order chi connectivity index (χ1) is 8.90. The Balaban J connectivity index is 0.00000147. The summed E-state index contributed by atoms with van der Waals surface area (Å²) in [5.74, 6) is 0.270. The minimum atomic E-state index is 0. The van der Waals surface area contributed by atoms with Gasteiger partial charge < -0.3 is 0 Å². The van der Waals surface area contributed by atoms with Gasteiger partial charge in [0.05, 0.1) is 5.51 Å². The van der Waals surface area contributed by atoms with Gasteiger partial charge in [0.25, 0.3) is 0 Å². The average molecular weight is 315 g/mol. The van der Waals surface area contributed by atoms with Crippen LogP contribution in [-0.2, 0) is 6.42 Å². The maximum Gasteiger partial charge on any atom is 0.182 e. The van der Waals surface area contributed by atoms with Gasteiger partial charge in [-0.3, -0.25) is 9.69 Å². The number of carbonyl (C=O) groups is 1. The van der Waals surface area contributed by atoms with Crippen molar-refractivity contribution in [3.63, 3.8) is 0 Å². The fourth-order valence-corrected chi connectivity index (χ4v) is 4.41. The molecule has 5 heteroatoms. The van der Waals surface area contributed by atoms with Crippen LogP contribution in [0.2, 0.25) is 0 Å². The molecular weight excluding hydrogens is 292 g/mol. The lowest BCUT2D eigenvalue weighted by molar-refractivity contribution is 0.0341. The average Bonchev–Trinajstić information content (AvgIpc) is 2.76. The molecule has 0 aromatic carbocycles. The number of rotatable bonds is 0. The van der Waals surface area contributed by atoms with Crippen LogP contribution in [0.1, 0.15) is 55.4 Å². The van der Waals surface area contributed by atoms with Crippen molar-refractivity contribution in [1.29, 1.82) is 0 Å². The van der Waals surface area contributed by atoms with Crippen LogP contribution in [-0.4, -0.2) is 34.3 Å². The summed E-state index contributed by atoms with van der Waals surface area (Å²) in [6.45, 7) is 9.06. The monoisotopic (exact) mass is 314 g/mol. The molecule has 1 spiro atoms. The first kappa shape index (κ1) is 15.9. The van der Waals surface area contributed by atoms with Crippen LogP contribution >= 0.6 is 23.7 Å². The zero-order valence-corrected chi connectivity index (χ0v) is 14.1. The molecule has 20 heavy (non-hydrogen) atoms. The van der Waals surface area contributed by atoms with E-state index in [1.54, 1.807) is 11.3 Å². The molecule has 0 unspecified atom stereocenters. The number of halogens is 1. The van der Waals surface area contributed by atoms with Gasteiger partial charge in [-0.1, -0.05) is 0 Å². The highest BCUT2D eigenvalue weighted by molar-refractivity contribution is 7.10. The van der Waals surface area contributed by atoms with Crippen molar-refractivity contribution in [3.8, 4) is 0 Å². The van der Waals surface area contributed by atoms with E-state index >= 15 is 0 Å². The second-order valence-corrected chi connectivity index (χ2v) is 8.00. The van der Waals surface area contributed by atoms with Gasteiger partial charge >= 0.3 is 0 Å². The fraction of sp³-hybridized carbons (Fsp3) is 0.733. The first-order valence-electron chi connectivity index (χ1n) is 7.10. The summed E-state index contributed by atoms with van der Waals surface area (Å²) in [5, 5.41) is 0. The van der Waals surface area contributed by atoms with Crippen LogP contribution in [0.3, 0.4) is 0 Å². The highest BCUT2D eigenvalue weighted by atomic mass is 35.5. The number of hydrogen-bond acceptors (Lipinski definition) is 4. The molecule has 0 N–H and O–H groups in total. The molecule has 0 amide bonds. The van der Waals surface area contributed by atoms with Crippen molar-refractivity contribution >= 4 is 29.5 Å². The number of likely N-dealkylation sites (tertiary alicyclic amines) is 1. The van der Waals surface area contributed by atoms with Crippen LogP contribution < -0.4 is 0 Å². The fourth-order valence-electron chi connectivity index (χ4n) is 3.46. The van der Waals surface area contributed by atoms with E-state index in [4.69, 9.17) is 0 Å². The maximum atomic E-state index is 12.2. The SMILES string of the molecule is CC(C)(C)N1CCC2(CC1)CC(=O)c1ncsc1C2.Cl. The van der Waals surface area contributed by atoms with Gasteiger partial charge in [-0.05, 0) is 58.5 Å². The van der Waals surface area contributed by atoms with E-state index in [0.717, 1.165) is 38.0 Å². The molecule has 0 bridgehead atoms. The Morgan fingerprint density at radius 3 is 2.50 bits per heavy atom. The summed E-state index contributed by atoms with van der Waals surface area (Å²) in [6, 6.07) is 0. The first-order valence-corrected chi connectivity index (χ1v) is 7.98. The molecule has 0 saturated carbocycles. The minimum Gasteiger partial charge on any atom is -0.298 e. The summed E-state index contributed by atoms with van der Waals surface area (Å²) in [4.78, 5) is 20.2. The predicted octanol–water partition coefficient (Wildman–Crippen LogP) is 3.57. The third kappa shape index (κ3) is 2.78. The predicted molar refractivity (Wildman–Crippen MR) is 85.0 cm³/mol. The number of ketones is 1. The normalized spacial score (nSPS) is 22.4. The van der Waals surface area contributed by atoms with E-state index < -0.39 is 0 Å². The molecule has 3 rings (SSSR count). The zero-order valence-electron chi connectivity index (χ0n) is 12.4. The molecule has 3 nitrogen and oxygen atoms in total. The number of carbonyl (C=O) groups excluding carboxylic acids is 1. The Labute approximate surface area is 131 Å². The third-order valence-electron chi connectivity index (χ3n) is 4.75. The number of aromatic nitrogens is 1. The van der Waals surface area contributed by atoms with Gasteiger partial charge in [-0.15, -0.1) is 23.7 Å². The van der Waals surface area contributed by atoms with Crippen molar-refractivity contribution in [3.05, 3.63) is 16.1 Å². The number of piperidine rings is 1. The summed E-state index contributed by atoms with van der Waals surface area (Å²) < 4.78 is 0. The lowest BCUT2D eigenvalue weighted by Gasteiger charge is -2.47. The molecule has 1 aliphatic heterocycles. The Bertz CT molecular complexity index is 498. The van der Waals surface area contributed by atoms with Gasteiger partial charge in [-0.2, -0.15) is 0 Å². The second kappa shape index (κ2) is 5.39. The van der Waals surface area contributed by atoms with Crippen molar-refractivity contribution in [2.45, 2.75) is 52.0 Å². The molecule has 1 fully saturated rings. The lowest BCUT2D eigenvalue weighted by Crippen LogP contribution is -2.50. The van der Waals surface area contributed by atoms with Gasteiger partial charge in [0.15, 0.2) is 5.78 Å². The Morgan fingerprint density at radius 1 is 1.25 bits per heavy atom. The van der Waals surface area contributed by atoms with Crippen LogP contribution in [0.5, 0.6) is 0 Å². The molecular formula is C15H23ClN2OS. The summed E-state index contributed by atoms with van der Waals surface area (Å²) >= 11 is 1.66. The number of thiazole rings is 1. The number of hydrogen-bond donors (Lipinski definition) is 0. The molecule has 0 atom stereocenters. The van der Waals surface area contributed by atoms with Crippen molar-refractivity contribution in [2.75, 3.05) is 13.1 Å². The van der Waals surface area contributed by atoms with Crippen LogP contribution in [0.15, 0.2) is 5.51 Å².